The van der Waals surface area contributed by atoms with Gasteiger partial charge in [0.15, 0.2) is 0 Å². The van der Waals surface area contributed by atoms with Gasteiger partial charge in [0.2, 0.25) is 0 Å². The van der Waals surface area contributed by atoms with Crippen molar-refractivity contribution in [2.45, 2.75) is 27.3 Å². The first-order chi connectivity index (χ1) is 10.0. The lowest BCUT2D eigenvalue weighted by atomic mass is 10.0. The van der Waals surface area contributed by atoms with Crippen molar-refractivity contribution in [2.75, 3.05) is 0 Å². The molecule has 0 aliphatic rings. The van der Waals surface area contributed by atoms with Gasteiger partial charge in [-0.05, 0) is 32.4 Å². The fraction of sp³-hybridized carbons (Fsp3) is 0.267. The Kier molecular flexibility index (Phi) is 3.35. The molecule has 0 amide bonds. The number of nitrogens with two attached hydrogens (primary N) is 1. The first-order valence-electron chi connectivity index (χ1n) is 6.75. The molecule has 21 heavy (non-hydrogen) atoms. The van der Waals surface area contributed by atoms with Crippen LogP contribution in [-0.2, 0) is 6.54 Å². The molecule has 3 aromatic rings. The molecule has 6 heteroatoms. The molecule has 0 saturated carbocycles. The summed E-state index contributed by atoms with van der Waals surface area (Å²) in [5.74, 6) is 0.831. The predicted molar refractivity (Wildman–Crippen MR) is 83.2 cm³/mol. The number of hydrogen-bond donors (Lipinski definition) is 2. The Hall–Kier alpha value is -2.05. The maximum absolute atomic E-state index is 11.6. The van der Waals surface area contributed by atoms with Gasteiger partial charge >= 0.3 is 13.2 Å². The maximum atomic E-state index is 11.6. The molecule has 5 nitrogen and oxygen atoms in total. The lowest BCUT2D eigenvalue weighted by Crippen LogP contribution is -2.26. The van der Waals surface area contributed by atoms with E-state index in [1.807, 2.05) is 26.8 Å². The largest absolute Gasteiger partial charge is 0.461 e. The summed E-state index contributed by atoms with van der Waals surface area (Å²) < 4.78 is 11.2. The topological polar surface area (TPSA) is 81.4 Å². The van der Waals surface area contributed by atoms with E-state index in [-0.39, 0.29) is 5.63 Å². The molecule has 107 valence electrons. The third-order valence-electron chi connectivity index (χ3n) is 3.82. The monoisotopic (exact) mass is 283 g/mol. The van der Waals surface area contributed by atoms with E-state index < -0.39 is 0 Å². The van der Waals surface area contributed by atoms with Crippen molar-refractivity contribution in [1.82, 2.24) is 5.23 Å². The Morgan fingerprint density at radius 2 is 1.86 bits per heavy atom. The molecule has 0 unspecified atom stereocenters. The Labute approximate surface area is 122 Å². The molecule has 0 aliphatic heterocycles. The van der Waals surface area contributed by atoms with Crippen molar-refractivity contribution >= 4 is 29.5 Å². The maximum Gasteiger partial charge on any atom is 0.336 e. The second kappa shape index (κ2) is 5.05. The summed E-state index contributed by atoms with van der Waals surface area (Å²) in [6.07, 6.45) is 0. The standard InChI is InChI=1S/C15H16BN2O3/c1-7-4-13(19)21-14-8(2)15-11(5-10(7)14)12(6-18-16-17)9(3)20-15/h4-5,18H,6,17H2,1-3H3. The summed E-state index contributed by atoms with van der Waals surface area (Å²) in [5.41, 5.74) is 9.18. The van der Waals surface area contributed by atoms with Gasteiger partial charge in [0.05, 0.1) is 0 Å². The minimum Gasteiger partial charge on any atom is -0.461 e. The van der Waals surface area contributed by atoms with Gasteiger partial charge in [-0.1, -0.05) is 0 Å². The molecule has 0 saturated heterocycles. The van der Waals surface area contributed by atoms with Crippen LogP contribution in [0.4, 0.5) is 0 Å². The summed E-state index contributed by atoms with van der Waals surface area (Å²) in [5, 5.41) is 4.94. The van der Waals surface area contributed by atoms with Crippen LogP contribution < -0.4 is 16.5 Å². The Bertz CT molecular complexity index is 895. The zero-order valence-electron chi connectivity index (χ0n) is 12.2. The molecule has 3 N–H and O–H groups in total. The van der Waals surface area contributed by atoms with Gasteiger partial charge in [-0.3, -0.25) is 0 Å². The van der Waals surface area contributed by atoms with Gasteiger partial charge in [-0.2, -0.15) is 0 Å². The molecule has 3 rings (SSSR count). The highest BCUT2D eigenvalue weighted by Crippen LogP contribution is 2.34. The molecule has 0 atom stereocenters. The number of fused-ring (bicyclic) bond motifs is 2. The van der Waals surface area contributed by atoms with Gasteiger partial charge < -0.3 is 19.7 Å². The molecular formula is C15H16BN2O3. The second-order valence-electron chi connectivity index (χ2n) is 5.19. The molecular weight excluding hydrogens is 267 g/mol. The normalized spacial score (nSPS) is 11.4. The van der Waals surface area contributed by atoms with E-state index in [0.717, 1.165) is 38.8 Å². The van der Waals surface area contributed by atoms with E-state index >= 15 is 0 Å². The first-order valence-corrected chi connectivity index (χ1v) is 6.75. The van der Waals surface area contributed by atoms with Gasteiger partial charge in [-0.15, -0.1) is 0 Å². The fourth-order valence-corrected chi connectivity index (χ4v) is 2.73. The van der Waals surface area contributed by atoms with Gasteiger partial charge in [0, 0.05) is 34.5 Å². The lowest BCUT2D eigenvalue weighted by Gasteiger charge is -2.05. The zero-order chi connectivity index (χ0) is 15.1. The highest BCUT2D eigenvalue weighted by molar-refractivity contribution is 6.27. The quantitative estimate of drug-likeness (QED) is 0.568. The van der Waals surface area contributed by atoms with Crippen molar-refractivity contribution < 1.29 is 8.83 Å². The van der Waals surface area contributed by atoms with Crippen molar-refractivity contribution in [1.29, 1.82) is 0 Å². The van der Waals surface area contributed by atoms with Gasteiger partial charge in [0.1, 0.15) is 16.9 Å². The molecule has 0 spiro atoms. The average molecular weight is 283 g/mol. The summed E-state index contributed by atoms with van der Waals surface area (Å²) in [6.45, 7) is 6.32. The highest BCUT2D eigenvalue weighted by Gasteiger charge is 2.17. The number of furan rings is 1. The van der Waals surface area contributed by atoms with Gasteiger partial charge in [-0.25, -0.2) is 4.79 Å². The predicted octanol–water partition coefficient (Wildman–Crippen LogP) is 2.05. The number of benzene rings is 1. The summed E-state index contributed by atoms with van der Waals surface area (Å²) in [6, 6.07) is 3.52. The minimum absolute atomic E-state index is 0.342. The molecule has 0 fully saturated rings. The SMILES string of the molecule is Cc1oc2c(C)c3oc(=O)cc(C)c3cc2c1CN[B]N. The van der Waals surface area contributed by atoms with E-state index in [2.05, 4.69) is 5.23 Å². The van der Waals surface area contributed by atoms with Crippen molar-refractivity contribution in [2.24, 2.45) is 5.64 Å². The average Bonchev–Trinajstić information content (AvgIpc) is 2.75. The third-order valence-corrected chi connectivity index (χ3v) is 3.82. The zero-order valence-corrected chi connectivity index (χ0v) is 12.2. The van der Waals surface area contributed by atoms with Gasteiger partial charge in [0.25, 0.3) is 0 Å². The van der Waals surface area contributed by atoms with E-state index in [9.17, 15) is 4.79 Å². The van der Waals surface area contributed by atoms with Crippen LogP contribution in [0.5, 0.6) is 0 Å². The summed E-state index contributed by atoms with van der Waals surface area (Å²) in [7, 11) is 1.41. The third kappa shape index (κ3) is 2.16. The smallest absolute Gasteiger partial charge is 0.336 e. The van der Waals surface area contributed by atoms with Crippen molar-refractivity contribution in [3.8, 4) is 0 Å². The number of rotatable bonds is 3. The van der Waals surface area contributed by atoms with Crippen molar-refractivity contribution in [3.05, 3.63) is 45.0 Å². The highest BCUT2D eigenvalue weighted by atomic mass is 16.4. The summed E-state index contributed by atoms with van der Waals surface area (Å²) >= 11 is 0. The van der Waals surface area contributed by atoms with Crippen LogP contribution in [0.25, 0.3) is 21.9 Å². The van der Waals surface area contributed by atoms with Crippen LogP contribution in [-0.4, -0.2) is 7.55 Å². The number of nitrogens with one attached hydrogen (secondary N) is 1. The Morgan fingerprint density at radius 1 is 1.14 bits per heavy atom. The summed E-state index contributed by atoms with van der Waals surface area (Å²) in [4.78, 5) is 11.6. The Morgan fingerprint density at radius 3 is 2.57 bits per heavy atom. The van der Waals surface area contributed by atoms with Crippen LogP contribution in [0.15, 0.2) is 25.8 Å². The molecule has 0 aliphatic carbocycles. The van der Waals surface area contributed by atoms with Crippen LogP contribution in [0.1, 0.15) is 22.5 Å². The lowest BCUT2D eigenvalue weighted by molar-refractivity contribution is 0.550. The molecule has 0 bridgehead atoms. The van der Waals surface area contributed by atoms with Crippen molar-refractivity contribution in [3.63, 3.8) is 0 Å². The molecule has 1 radical (unpaired) electrons. The van der Waals surface area contributed by atoms with Crippen LogP contribution >= 0.6 is 0 Å². The van der Waals surface area contributed by atoms with E-state index in [4.69, 9.17) is 14.5 Å². The van der Waals surface area contributed by atoms with Crippen LogP contribution in [0, 0.1) is 20.8 Å². The van der Waals surface area contributed by atoms with E-state index in [0.29, 0.717) is 12.1 Å². The molecule has 2 heterocycles. The first kappa shape index (κ1) is 13.9. The second-order valence-corrected chi connectivity index (χ2v) is 5.19. The fourth-order valence-electron chi connectivity index (χ4n) is 2.73. The number of hydrogen-bond acceptors (Lipinski definition) is 5. The molecule has 2 aromatic heterocycles. The van der Waals surface area contributed by atoms with Crippen LogP contribution in [0.3, 0.4) is 0 Å². The van der Waals surface area contributed by atoms with E-state index in [1.165, 1.54) is 13.6 Å². The Balaban J connectivity index is 2.40. The van der Waals surface area contributed by atoms with Crippen LogP contribution in [0.2, 0.25) is 0 Å². The number of aryl methyl sites for hydroxylation is 3. The minimum atomic E-state index is -0.342. The van der Waals surface area contributed by atoms with E-state index in [1.54, 1.807) is 0 Å². The molecule has 1 aromatic carbocycles.